The first-order valence-corrected chi connectivity index (χ1v) is 18.2. The van der Waals surface area contributed by atoms with Gasteiger partial charge in [0, 0.05) is 42.2 Å². The molecule has 0 aliphatic carbocycles. The van der Waals surface area contributed by atoms with Gasteiger partial charge >= 0.3 is 0 Å². The highest BCUT2D eigenvalue weighted by molar-refractivity contribution is 7.25. The summed E-state index contributed by atoms with van der Waals surface area (Å²) in [5.74, 6) is 0. The molecule has 0 unspecified atom stereocenters. The smallest absolute Gasteiger partial charge is 0.145 e. The van der Waals surface area contributed by atoms with Crippen LogP contribution in [0.1, 0.15) is 0 Å². The number of furan rings is 1. The summed E-state index contributed by atoms with van der Waals surface area (Å²) < 4.78 is 9.47. The molecule has 0 saturated carbocycles. The van der Waals surface area contributed by atoms with Gasteiger partial charge in [-0.25, -0.2) is 0 Å². The molecule has 0 amide bonds. The average molecular weight is 668 g/mol. The number of hydrogen-bond acceptors (Lipinski definition) is 3. The summed E-state index contributed by atoms with van der Waals surface area (Å²) in [6.07, 6.45) is 0. The Morgan fingerprint density at radius 3 is 1.98 bits per heavy atom. The summed E-state index contributed by atoms with van der Waals surface area (Å²) in [4.78, 5) is 2.46. The molecular formula is C48H29NOS. The standard InChI is InChI=1S/C48H29NOS/c1-3-14-33-30(11-1)13-9-18-36(33)39-26-27-43(47-40-17-5-7-21-44(40)50-48(39)47)49(32-24-28-46-41(29-32)38-16-6-8-22-45(38)51-46)42-20-10-19-35-34-15-4-2-12-31(34)23-25-37(35)42/h1-29H. The molecule has 0 atom stereocenters. The van der Waals surface area contributed by atoms with E-state index in [1.54, 1.807) is 0 Å². The van der Waals surface area contributed by atoms with E-state index in [2.05, 4.69) is 181 Å². The second-order valence-electron chi connectivity index (χ2n) is 13.2. The van der Waals surface area contributed by atoms with Crippen LogP contribution in [0.15, 0.2) is 180 Å². The van der Waals surface area contributed by atoms with Crippen molar-refractivity contribution in [3.8, 4) is 11.1 Å². The Kier molecular flexibility index (Phi) is 6.16. The number of para-hydroxylation sites is 1. The Morgan fingerprint density at radius 2 is 1.08 bits per heavy atom. The molecule has 0 radical (unpaired) electrons. The molecule has 2 aromatic heterocycles. The summed E-state index contributed by atoms with van der Waals surface area (Å²) in [6, 6.07) is 63.8. The molecule has 11 aromatic rings. The molecule has 0 saturated heterocycles. The minimum Gasteiger partial charge on any atom is -0.455 e. The maximum atomic E-state index is 6.89. The predicted octanol–water partition coefficient (Wildman–Crippen LogP) is 14.6. The van der Waals surface area contributed by atoms with Crippen LogP contribution in [0, 0.1) is 0 Å². The van der Waals surface area contributed by atoms with Crippen molar-refractivity contribution >= 4 is 103 Å². The van der Waals surface area contributed by atoms with Gasteiger partial charge in [0.15, 0.2) is 0 Å². The van der Waals surface area contributed by atoms with E-state index in [9.17, 15) is 0 Å². The van der Waals surface area contributed by atoms with Crippen LogP contribution in [0.3, 0.4) is 0 Å². The molecule has 11 rings (SSSR count). The van der Waals surface area contributed by atoms with Gasteiger partial charge in [-0.05, 0) is 81.0 Å². The number of anilines is 3. The molecule has 0 aliphatic rings. The molecule has 238 valence electrons. The van der Waals surface area contributed by atoms with Gasteiger partial charge in [0.2, 0.25) is 0 Å². The third-order valence-electron chi connectivity index (χ3n) is 10.4. The van der Waals surface area contributed by atoms with Crippen LogP contribution >= 0.6 is 11.3 Å². The predicted molar refractivity (Wildman–Crippen MR) is 219 cm³/mol. The lowest BCUT2D eigenvalue weighted by atomic mass is 9.95. The number of benzene rings is 9. The van der Waals surface area contributed by atoms with Crippen molar-refractivity contribution in [3.63, 3.8) is 0 Å². The molecule has 3 heteroatoms. The van der Waals surface area contributed by atoms with E-state index in [0.717, 1.165) is 50.1 Å². The van der Waals surface area contributed by atoms with E-state index in [1.165, 1.54) is 52.5 Å². The van der Waals surface area contributed by atoms with Gasteiger partial charge in [-0.2, -0.15) is 0 Å². The highest BCUT2D eigenvalue weighted by Gasteiger charge is 2.24. The van der Waals surface area contributed by atoms with E-state index in [0.29, 0.717) is 0 Å². The Morgan fingerprint density at radius 1 is 0.392 bits per heavy atom. The first-order valence-electron chi connectivity index (χ1n) is 17.3. The van der Waals surface area contributed by atoms with Crippen molar-refractivity contribution in [1.82, 2.24) is 0 Å². The minimum atomic E-state index is 0.879. The van der Waals surface area contributed by atoms with Crippen LogP contribution in [0.2, 0.25) is 0 Å². The van der Waals surface area contributed by atoms with E-state index in [4.69, 9.17) is 4.42 Å². The fourth-order valence-electron chi connectivity index (χ4n) is 8.15. The van der Waals surface area contributed by atoms with Crippen molar-refractivity contribution in [3.05, 3.63) is 176 Å². The van der Waals surface area contributed by atoms with Crippen LogP contribution < -0.4 is 4.90 Å². The van der Waals surface area contributed by atoms with Gasteiger partial charge in [-0.15, -0.1) is 11.3 Å². The highest BCUT2D eigenvalue weighted by Crippen LogP contribution is 2.49. The van der Waals surface area contributed by atoms with Crippen LogP contribution in [-0.4, -0.2) is 0 Å². The summed E-state index contributed by atoms with van der Waals surface area (Å²) in [7, 11) is 0. The normalized spacial score (nSPS) is 11.9. The van der Waals surface area contributed by atoms with Gasteiger partial charge in [0.25, 0.3) is 0 Å². The molecule has 0 aliphatic heterocycles. The zero-order valence-corrected chi connectivity index (χ0v) is 28.3. The number of nitrogens with zero attached hydrogens (tertiary/aromatic N) is 1. The lowest BCUT2D eigenvalue weighted by Crippen LogP contribution is -2.11. The fraction of sp³-hybridized carbons (Fsp3) is 0. The first kappa shape index (κ1) is 28.4. The Balaban J connectivity index is 1.26. The molecule has 9 aromatic carbocycles. The Labute approximate surface area is 298 Å². The van der Waals surface area contributed by atoms with Gasteiger partial charge in [-0.3, -0.25) is 0 Å². The van der Waals surface area contributed by atoms with Crippen LogP contribution in [-0.2, 0) is 0 Å². The molecule has 0 fully saturated rings. The minimum absolute atomic E-state index is 0.879. The third-order valence-corrected chi connectivity index (χ3v) is 11.6. The molecule has 51 heavy (non-hydrogen) atoms. The molecule has 2 nitrogen and oxygen atoms in total. The van der Waals surface area contributed by atoms with E-state index >= 15 is 0 Å². The number of hydrogen-bond donors (Lipinski definition) is 0. The second kappa shape index (κ2) is 11.0. The quantitative estimate of drug-likeness (QED) is 0.174. The van der Waals surface area contributed by atoms with Gasteiger partial charge in [-0.1, -0.05) is 127 Å². The Bertz CT molecular complexity index is 3160. The van der Waals surface area contributed by atoms with Gasteiger partial charge < -0.3 is 9.32 Å². The molecular weight excluding hydrogens is 639 g/mol. The van der Waals surface area contributed by atoms with Crippen molar-refractivity contribution in [2.45, 2.75) is 0 Å². The highest BCUT2D eigenvalue weighted by atomic mass is 32.1. The SMILES string of the molecule is c1ccc2c(-c3ccc(N(c4ccc5sc6ccccc6c5c4)c4cccc5c4ccc4ccccc45)c4c3oc3ccccc34)cccc2c1. The summed E-state index contributed by atoms with van der Waals surface area (Å²) >= 11 is 1.85. The van der Waals surface area contributed by atoms with E-state index in [-0.39, 0.29) is 0 Å². The number of fused-ring (bicyclic) bond motifs is 10. The van der Waals surface area contributed by atoms with Crippen LogP contribution in [0.4, 0.5) is 17.1 Å². The third kappa shape index (κ3) is 4.29. The lowest BCUT2D eigenvalue weighted by Gasteiger charge is -2.28. The van der Waals surface area contributed by atoms with Crippen molar-refractivity contribution < 1.29 is 4.42 Å². The van der Waals surface area contributed by atoms with Gasteiger partial charge in [0.05, 0.1) is 16.8 Å². The van der Waals surface area contributed by atoms with E-state index < -0.39 is 0 Å². The van der Waals surface area contributed by atoms with Crippen molar-refractivity contribution in [2.75, 3.05) is 4.90 Å². The number of rotatable bonds is 4. The average Bonchev–Trinajstić information content (AvgIpc) is 3.77. The summed E-state index contributed by atoms with van der Waals surface area (Å²) in [6.45, 7) is 0. The topological polar surface area (TPSA) is 16.4 Å². The zero-order valence-electron chi connectivity index (χ0n) is 27.5. The maximum Gasteiger partial charge on any atom is 0.145 e. The second-order valence-corrected chi connectivity index (χ2v) is 14.3. The first-order chi connectivity index (χ1) is 25.3. The zero-order chi connectivity index (χ0) is 33.5. The lowest BCUT2D eigenvalue weighted by molar-refractivity contribution is 0.670. The molecule has 0 spiro atoms. The van der Waals surface area contributed by atoms with Crippen molar-refractivity contribution in [2.24, 2.45) is 0 Å². The maximum absolute atomic E-state index is 6.89. The summed E-state index contributed by atoms with van der Waals surface area (Å²) in [5.41, 5.74) is 7.34. The summed E-state index contributed by atoms with van der Waals surface area (Å²) in [5, 5.41) is 12.1. The number of thiophene rings is 1. The van der Waals surface area contributed by atoms with Crippen molar-refractivity contribution in [1.29, 1.82) is 0 Å². The Hall–Kier alpha value is -6.42. The monoisotopic (exact) mass is 667 g/mol. The molecule has 0 bridgehead atoms. The molecule has 2 heterocycles. The van der Waals surface area contributed by atoms with E-state index in [1.807, 2.05) is 11.3 Å². The molecule has 0 N–H and O–H groups in total. The van der Waals surface area contributed by atoms with Crippen LogP contribution in [0.5, 0.6) is 0 Å². The fourth-order valence-corrected chi connectivity index (χ4v) is 9.24. The van der Waals surface area contributed by atoms with Gasteiger partial charge in [0.1, 0.15) is 11.2 Å². The van der Waals surface area contributed by atoms with Crippen LogP contribution in [0.25, 0.3) is 85.6 Å². The largest absolute Gasteiger partial charge is 0.455 e.